The van der Waals surface area contributed by atoms with Crippen LogP contribution in [0.1, 0.15) is 18.5 Å². The molecule has 1 saturated carbocycles. The zero-order valence-electron chi connectivity index (χ0n) is 18.1. The first kappa shape index (κ1) is 22.1. The van der Waals surface area contributed by atoms with E-state index in [9.17, 15) is 17.2 Å². The fourth-order valence-electron chi connectivity index (χ4n) is 4.25. The lowest BCUT2D eigenvalue weighted by atomic mass is 9.65. The minimum Gasteiger partial charge on any atom is -0.368 e. The molecule has 3 aromatic heterocycles. The molecule has 1 aromatic carbocycles. The highest BCUT2D eigenvalue weighted by atomic mass is 32.2. The maximum absolute atomic E-state index is 14.3. The van der Waals surface area contributed by atoms with Crippen molar-refractivity contribution in [1.82, 2.24) is 25.4 Å². The van der Waals surface area contributed by atoms with Gasteiger partial charge in [-0.05, 0) is 49.2 Å². The highest BCUT2D eigenvalue weighted by Crippen LogP contribution is 2.45. The van der Waals surface area contributed by atoms with Crippen molar-refractivity contribution < 1.29 is 17.2 Å². The van der Waals surface area contributed by atoms with E-state index >= 15 is 0 Å². The third-order valence-electron chi connectivity index (χ3n) is 5.90. The van der Waals surface area contributed by atoms with Crippen molar-refractivity contribution in [2.24, 2.45) is 0 Å². The van der Waals surface area contributed by atoms with Crippen LogP contribution in [0.2, 0.25) is 0 Å². The Balaban J connectivity index is 1.34. The number of hydrogen-bond donors (Lipinski definition) is 3. The lowest BCUT2D eigenvalue weighted by Crippen LogP contribution is -2.49. The van der Waals surface area contributed by atoms with Gasteiger partial charge in [-0.15, -0.1) is 10.2 Å². The maximum Gasteiger partial charge on any atom is 0.231 e. The molecule has 1 aliphatic carbocycles. The second-order valence-electron chi connectivity index (χ2n) is 8.48. The number of nitrogens with one attached hydrogen (secondary N) is 3. The van der Waals surface area contributed by atoms with Gasteiger partial charge in [0.25, 0.3) is 0 Å². The van der Waals surface area contributed by atoms with Gasteiger partial charge in [-0.25, -0.2) is 17.2 Å². The third-order valence-corrected chi connectivity index (χ3v) is 6.46. The van der Waals surface area contributed by atoms with E-state index in [1.807, 2.05) is 6.07 Å². The van der Waals surface area contributed by atoms with Crippen molar-refractivity contribution in [2.75, 3.05) is 22.8 Å². The van der Waals surface area contributed by atoms with Gasteiger partial charge in [-0.3, -0.25) is 14.8 Å². The molecule has 4 aromatic rings. The average molecular weight is 486 g/mol. The standard InChI is InChI=1S/C22H21F2N7O2S/c1-34(32,33)31-21-15-9-13(4-5-18(15)28-30-21)17-6-7-19(29-27-17)26-12-22(10-14(23)11-22)20-16(24)3-2-8-25-20/h2-9,14H,10-12H2,1H3,(H,26,29)(H2,28,30,31). The van der Waals surface area contributed by atoms with Gasteiger partial charge >= 0.3 is 0 Å². The molecule has 0 spiro atoms. The Morgan fingerprint density at radius 2 is 2.00 bits per heavy atom. The van der Waals surface area contributed by atoms with Crippen LogP contribution in [0.3, 0.4) is 0 Å². The Morgan fingerprint density at radius 1 is 1.18 bits per heavy atom. The summed E-state index contributed by atoms with van der Waals surface area (Å²) in [5.41, 5.74) is 1.47. The molecule has 1 fully saturated rings. The van der Waals surface area contributed by atoms with Crippen molar-refractivity contribution in [3.8, 4) is 11.3 Å². The lowest BCUT2D eigenvalue weighted by molar-refractivity contribution is 0.0964. The summed E-state index contributed by atoms with van der Waals surface area (Å²) in [5.74, 6) is 0.215. The van der Waals surface area contributed by atoms with E-state index in [1.54, 1.807) is 24.3 Å². The highest BCUT2D eigenvalue weighted by molar-refractivity contribution is 7.92. The van der Waals surface area contributed by atoms with Crippen LogP contribution in [-0.2, 0) is 15.4 Å². The number of aromatic amines is 1. The minimum atomic E-state index is -3.48. The lowest BCUT2D eigenvalue weighted by Gasteiger charge is -2.44. The van der Waals surface area contributed by atoms with Crippen LogP contribution in [0.4, 0.5) is 20.4 Å². The molecule has 0 amide bonds. The van der Waals surface area contributed by atoms with Crippen LogP contribution in [0.25, 0.3) is 22.2 Å². The number of anilines is 2. The maximum atomic E-state index is 14.3. The van der Waals surface area contributed by atoms with Crippen LogP contribution in [0, 0.1) is 5.82 Å². The molecule has 0 radical (unpaired) electrons. The molecule has 0 atom stereocenters. The van der Waals surface area contributed by atoms with Crippen molar-refractivity contribution in [2.45, 2.75) is 24.4 Å². The van der Waals surface area contributed by atoms with Gasteiger partial charge in [-0.2, -0.15) is 5.10 Å². The number of halogens is 2. The largest absolute Gasteiger partial charge is 0.368 e. The number of pyridine rings is 1. The number of rotatable bonds is 7. The Kier molecular flexibility index (Phi) is 5.39. The normalized spacial score (nSPS) is 20.1. The molecular weight excluding hydrogens is 464 g/mol. The predicted molar refractivity (Wildman–Crippen MR) is 124 cm³/mol. The van der Waals surface area contributed by atoms with E-state index in [0.717, 1.165) is 11.8 Å². The summed E-state index contributed by atoms with van der Waals surface area (Å²) >= 11 is 0. The van der Waals surface area contributed by atoms with Gasteiger partial charge in [0, 0.05) is 29.1 Å². The van der Waals surface area contributed by atoms with Crippen molar-refractivity contribution in [1.29, 1.82) is 0 Å². The Labute approximate surface area is 194 Å². The minimum absolute atomic E-state index is 0.189. The van der Waals surface area contributed by atoms with Gasteiger partial charge in [0.1, 0.15) is 17.8 Å². The van der Waals surface area contributed by atoms with Gasteiger partial charge in [0.2, 0.25) is 10.0 Å². The molecule has 5 rings (SSSR count). The molecule has 12 heteroatoms. The van der Waals surface area contributed by atoms with E-state index in [-0.39, 0.29) is 30.9 Å². The number of sulfonamides is 1. The predicted octanol–water partition coefficient (Wildman–Crippen LogP) is 3.41. The number of hydrogen-bond acceptors (Lipinski definition) is 7. The van der Waals surface area contributed by atoms with Crippen molar-refractivity contribution in [3.63, 3.8) is 0 Å². The second kappa shape index (κ2) is 8.28. The Bertz CT molecular complexity index is 1450. The number of H-pyrrole nitrogens is 1. The molecular formula is C22H21F2N7O2S. The van der Waals surface area contributed by atoms with E-state index in [2.05, 4.69) is 35.4 Å². The van der Waals surface area contributed by atoms with E-state index in [4.69, 9.17) is 0 Å². The SMILES string of the molecule is CS(=O)(=O)Nc1n[nH]c2ccc(-c3ccc(NCC4(c5ncccc5F)CC(F)C4)nn3)cc12. The monoisotopic (exact) mass is 485 g/mol. The molecule has 1 aliphatic rings. The Hall–Kier alpha value is -3.67. The van der Waals surface area contributed by atoms with Crippen molar-refractivity contribution in [3.05, 3.63) is 60.2 Å². The molecule has 0 bridgehead atoms. The summed E-state index contributed by atoms with van der Waals surface area (Å²) in [4.78, 5) is 4.15. The van der Waals surface area contributed by atoms with Crippen molar-refractivity contribution >= 4 is 32.6 Å². The van der Waals surface area contributed by atoms with Gasteiger partial charge in [0.15, 0.2) is 5.82 Å². The average Bonchev–Trinajstić information content (AvgIpc) is 3.17. The number of nitrogens with zero attached hydrogens (tertiary/aromatic N) is 4. The first-order valence-electron chi connectivity index (χ1n) is 10.5. The van der Waals surface area contributed by atoms with Crippen LogP contribution in [0.5, 0.6) is 0 Å². The smallest absolute Gasteiger partial charge is 0.231 e. The van der Waals surface area contributed by atoms with Crippen LogP contribution >= 0.6 is 0 Å². The summed E-state index contributed by atoms with van der Waals surface area (Å²) in [6.07, 6.45) is 1.95. The number of benzene rings is 1. The molecule has 0 saturated heterocycles. The summed E-state index contributed by atoms with van der Waals surface area (Å²) in [6, 6.07) is 11.7. The first-order chi connectivity index (χ1) is 16.2. The molecule has 34 heavy (non-hydrogen) atoms. The highest BCUT2D eigenvalue weighted by Gasteiger charge is 2.48. The zero-order chi connectivity index (χ0) is 23.9. The molecule has 9 nitrogen and oxygen atoms in total. The van der Waals surface area contributed by atoms with Crippen LogP contribution < -0.4 is 10.0 Å². The first-order valence-corrected chi connectivity index (χ1v) is 12.4. The molecule has 3 heterocycles. The Morgan fingerprint density at radius 3 is 2.68 bits per heavy atom. The van der Waals surface area contributed by atoms with Crippen LogP contribution in [-0.4, -0.2) is 52.8 Å². The quantitative estimate of drug-likeness (QED) is 0.366. The fourth-order valence-corrected chi connectivity index (χ4v) is 4.76. The molecule has 176 valence electrons. The summed E-state index contributed by atoms with van der Waals surface area (Å²) in [6.45, 7) is 0.275. The summed E-state index contributed by atoms with van der Waals surface area (Å²) in [5, 5.41) is 19.0. The summed E-state index contributed by atoms with van der Waals surface area (Å²) in [7, 11) is -3.48. The van der Waals surface area contributed by atoms with E-state index < -0.39 is 27.4 Å². The topological polar surface area (TPSA) is 126 Å². The molecule has 3 N–H and O–H groups in total. The number of alkyl halides is 1. The van der Waals surface area contributed by atoms with Gasteiger partial charge < -0.3 is 5.32 Å². The van der Waals surface area contributed by atoms with E-state index in [1.165, 1.54) is 18.3 Å². The van der Waals surface area contributed by atoms with E-state index in [0.29, 0.717) is 22.4 Å². The van der Waals surface area contributed by atoms with Crippen LogP contribution in [0.15, 0.2) is 48.7 Å². The number of fused-ring (bicyclic) bond motifs is 1. The second-order valence-corrected chi connectivity index (χ2v) is 10.2. The molecule has 0 aliphatic heterocycles. The third kappa shape index (κ3) is 4.28. The fraction of sp³-hybridized carbons (Fsp3) is 0.273. The zero-order valence-corrected chi connectivity index (χ0v) is 18.9. The molecule has 0 unspecified atom stereocenters. The van der Waals surface area contributed by atoms with Gasteiger partial charge in [0.05, 0.1) is 23.2 Å². The number of aromatic nitrogens is 5. The summed E-state index contributed by atoms with van der Waals surface area (Å²) < 4.78 is 53.6. The van der Waals surface area contributed by atoms with Gasteiger partial charge in [-0.1, -0.05) is 6.07 Å².